The Balaban J connectivity index is 1.41. The molecule has 0 bridgehead atoms. The van der Waals surface area contributed by atoms with E-state index in [0.29, 0.717) is 12.0 Å². The minimum absolute atomic E-state index is 0.142. The first kappa shape index (κ1) is 23.2. The Morgan fingerprint density at radius 3 is 2.44 bits per heavy atom. The van der Waals surface area contributed by atoms with Crippen LogP contribution in [0.1, 0.15) is 45.3 Å². The molecule has 0 saturated heterocycles. The molecule has 1 amide bonds. The maximum atomic E-state index is 13.2. The number of carbonyl (C=O) groups excluding carboxylic acids is 2. The van der Waals surface area contributed by atoms with Crippen LogP contribution < -0.4 is 5.63 Å². The fourth-order valence-corrected chi connectivity index (χ4v) is 4.55. The number of carbonyl (C=O) groups is 2. The predicted octanol–water partition coefficient (Wildman–Crippen LogP) is 4.94. The lowest BCUT2D eigenvalue weighted by Gasteiger charge is -2.22. The molecule has 0 radical (unpaired) electrons. The van der Waals surface area contributed by atoms with Crippen molar-refractivity contribution < 1.29 is 18.7 Å². The number of benzene rings is 3. The van der Waals surface area contributed by atoms with Crippen LogP contribution in [-0.4, -0.2) is 29.2 Å². The van der Waals surface area contributed by atoms with Gasteiger partial charge in [0.15, 0.2) is 6.61 Å². The summed E-state index contributed by atoms with van der Waals surface area (Å²) in [5.74, 6) is -1.02. The fraction of sp³-hybridized carbons (Fsp3) is 0.172. The Morgan fingerprint density at radius 2 is 1.69 bits per heavy atom. The number of hydrogen-bond donors (Lipinski definition) is 0. The SMILES string of the molecule is Cc1cc(=O)oc(C)c1C(=O)OCC(=O)N1N=C(c2ccc3ccccc3c2)CC1c1ccccc1. The Bertz CT molecular complexity index is 1530. The van der Waals surface area contributed by atoms with Gasteiger partial charge in [-0.3, -0.25) is 4.79 Å². The molecule has 5 rings (SSSR count). The van der Waals surface area contributed by atoms with Gasteiger partial charge in [0.05, 0.1) is 11.8 Å². The van der Waals surface area contributed by atoms with Crippen molar-refractivity contribution in [2.45, 2.75) is 26.3 Å². The third-order valence-corrected chi connectivity index (χ3v) is 6.30. The standard InChI is InChI=1S/C29H24N2O5/c1-18-14-27(33)36-19(2)28(18)29(34)35-17-26(32)31-25(21-9-4-3-5-10-21)16-24(30-31)23-13-12-20-8-6-7-11-22(20)15-23/h3-15,25H,16-17H2,1-2H3. The molecule has 7 heteroatoms. The monoisotopic (exact) mass is 480 g/mol. The molecular formula is C29H24N2O5. The maximum Gasteiger partial charge on any atom is 0.342 e. The summed E-state index contributed by atoms with van der Waals surface area (Å²) >= 11 is 0. The number of amides is 1. The molecule has 4 aromatic rings. The van der Waals surface area contributed by atoms with Gasteiger partial charge in [-0.2, -0.15) is 5.10 Å². The van der Waals surface area contributed by atoms with Crippen LogP contribution in [0, 0.1) is 13.8 Å². The molecule has 1 atom stereocenters. The third-order valence-electron chi connectivity index (χ3n) is 6.30. The van der Waals surface area contributed by atoms with Crippen molar-refractivity contribution in [3.63, 3.8) is 0 Å². The second kappa shape index (κ2) is 9.62. The van der Waals surface area contributed by atoms with Crippen molar-refractivity contribution in [3.05, 3.63) is 117 Å². The summed E-state index contributed by atoms with van der Waals surface area (Å²) in [4.78, 5) is 37.5. The van der Waals surface area contributed by atoms with E-state index in [2.05, 4.69) is 11.2 Å². The topological polar surface area (TPSA) is 89.2 Å². The lowest BCUT2D eigenvalue weighted by Crippen LogP contribution is -2.31. The largest absolute Gasteiger partial charge is 0.452 e. The zero-order valence-corrected chi connectivity index (χ0v) is 19.9. The van der Waals surface area contributed by atoms with E-state index < -0.39 is 24.1 Å². The number of fused-ring (bicyclic) bond motifs is 1. The van der Waals surface area contributed by atoms with Crippen LogP contribution in [0.3, 0.4) is 0 Å². The van der Waals surface area contributed by atoms with E-state index in [0.717, 1.165) is 27.6 Å². The minimum Gasteiger partial charge on any atom is -0.452 e. The zero-order valence-electron chi connectivity index (χ0n) is 19.9. The molecule has 36 heavy (non-hydrogen) atoms. The highest BCUT2D eigenvalue weighted by Gasteiger charge is 2.33. The lowest BCUT2D eigenvalue weighted by molar-refractivity contribution is -0.136. The first-order chi connectivity index (χ1) is 17.4. The Kier molecular flexibility index (Phi) is 6.21. The number of hydrazone groups is 1. The number of hydrogen-bond acceptors (Lipinski definition) is 6. The van der Waals surface area contributed by atoms with Crippen molar-refractivity contribution in [2.75, 3.05) is 6.61 Å². The van der Waals surface area contributed by atoms with E-state index in [4.69, 9.17) is 9.15 Å². The lowest BCUT2D eigenvalue weighted by atomic mass is 9.97. The van der Waals surface area contributed by atoms with Crippen molar-refractivity contribution in [1.82, 2.24) is 5.01 Å². The molecule has 0 aliphatic carbocycles. The smallest absolute Gasteiger partial charge is 0.342 e. The molecule has 2 heterocycles. The quantitative estimate of drug-likeness (QED) is 0.377. The van der Waals surface area contributed by atoms with E-state index in [1.54, 1.807) is 6.92 Å². The average Bonchev–Trinajstić information content (AvgIpc) is 3.33. The summed E-state index contributed by atoms with van der Waals surface area (Å²) in [6.45, 7) is 2.64. The van der Waals surface area contributed by atoms with Crippen LogP contribution in [0.2, 0.25) is 0 Å². The zero-order chi connectivity index (χ0) is 25.2. The number of esters is 1. The highest BCUT2D eigenvalue weighted by atomic mass is 16.5. The van der Waals surface area contributed by atoms with E-state index in [1.807, 2.05) is 66.7 Å². The molecule has 1 unspecified atom stereocenters. The van der Waals surface area contributed by atoms with Crippen LogP contribution in [0.15, 0.2) is 93.2 Å². The molecule has 0 N–H and O–H groups in total. The molecule has 0 fully saturated rings. The van der Waals surface area contributed by atoms with Crippen LogP contribution in [0.4, 0.5) is 0 Å². The van der Waals surface area contributed by atoms with E-state index in [-0.39, 0.29) is 17.4 Å². The summed E-state index contributed by atoms with van der Waals surface area (Å²) in [7, 11) is 0. The van der Waals surface area contributed by atoms with Gasteiger partial charge < -0.3 is 9.15 Å². The van der Waals surface area contributed by atoms with Crippen LogP contribution in [0.25, 0.3) is 10.8 Å². The number of rotatable bonds is 5. The molecule has 7 nitrogen and oxygen atoms in total. The molecule has 0 saturated carbocycles. The van der Waals surface area contributed by atoms with Crippen LogP contribution in [0.5, 0.6) is 0 Å². The second-order valence-electron chi connectivity index (χ2n) is 8.73. The number of aryl methyl sites for hydroxylation is 2. The predicted molar refractivity (Wildman–Crippen MR) is 136 cm³/mol. The van der Waals surface area contributed by atoms with Gasteiger partial charge in [-0.15, -0.1) is 0 Å². The first-order valence-corrected chi connectivity index (χ1v) is 11.6. The van der Waals surface area contributed by atoms with E-state index in [1.165, 1.54) is 18.0 Å². The number of nitrogens with zero attached hydrogens (tertiary/aromatic N) is 2. The van der Waals surface area contributed by atoms with Gasteiger partial charge in [0.2, 0.25) is 0 Å². The van der Waals surface area contributed by atoms with Crippen LogP contribution >= 0.6 is 0 Å². The highest BCUT2D eigenvalue weighted by Crippen LogP contribution is 2.33. The highest BCUT2D eigenvalue weighted by molar-refractivity contribution is 6.05. The molecule has 1 aliphatic heterocycles. The fourth-order valence-electron chi connectivity index (χ4n) is 4.55. The summed E-state index contributed by atoms with van der Waals surface area (Å²) in [6, 6.07) is 24.7. The number of ether oxygens (including phenoxy) is 1. The molecule has 180 valence electrons. The summed E-state index contributed by atoms with van der Waals surface area (Å²) in [6.07, 6.45) is 0.532. The minimum atomic E-state index is -0.726. The van der Waals surface area contributed by atoms with Crippen molar-refractivity contribution in [3.8, 4) is 0 Å². The molecule has 1 aromatic heterocycles. The Morgan fingerprint density at radius 1 is 0.972 bits per heavy atom. The van der Waals surface area contributed by atoms with Crippen molar-refractivity contribution in [1.29, 1.82) is 0 Å². The third kappa shape index (κ3) is 4.55. The van der Waals surface area contributed by atoms with E-state index >= 15 is 0 Å². The van der Waals surface area contributed by atoms with Gasteiger partial charge in [0, 0.05) is 12.5 Å². The average molecular weight is 481 g/mol. The van der Waals surface area contributed by atoms with Gasteiger partial charge in [-0.25, -0.2) is 14.6 Å². The van der Waals surface area contributed by atoms with E-state index in [9.17, 15) is 14.4 Å². The first-order valence-electron chi connectivity index (χ1n) is 11.6. The second-order valence-corrected chi connectivity index (χ2v) is 8.73. The van der Waals surface area contributed by atoms with Gasteiger partial charge in [-0.05, 0) is 47.4 Å². The molecule has 1 aliphatic rings. The summed E-state index contributed by atoms with van der Waals surface area (Å²) in [5.41, 5.74) is 2.69. The Hall–Kier alpha value is -4.52. The normalized spacial score (nSPS) is 15.1. The Labute approximate surface area is 207 Å². The van der Waals surface area contributed by atoms with Gasteiger partial charge in [0.25, 0.3) is 5.91 Å². The molecule has 3 aromatic carbocycles. The van der Waals surface area contributed by atoms with Gasteiger partial charge in [-0.1, -0.05) is 66.7 Å². The van der Waals surface area contributed by atoms with Crippen molar-refractivity contribution in [2.24, 2.45) is 5.10 Å². The maximum absolute atomic E-state index is 13.2. The summed E-state index contributed by atoms with van der Waals surface area (Å²) in [5, 5.41) is 8.29. The molecular weight excluding hydrogens is 456 g/mol. The summed E-state index contributed by atoms with van der Waals surface area (Å²) < 4.78 is 10.3. The van der Waals surface area contributed by atoms with Gasteiger partial charge >= 0.3 is 11.6 Å². The van der Waals surface area contributed by atoms with Crippen molar-refractivity contribution >= 4 is 28.4 Å². The van der Waals surface area contributed by atoms with Crippen LogP contribution in [-0.2, 0) is 9.53 Å². The molecule has 0 spiro atoms. The van der Waals surface area contributed by atoms with Gasteiger partial charge in [0.1, 0.15) is 11.3 Å².